The van der Waals surface area contributed by atoms with Gasteiger partial charge in [-0.3, -0.25) is 14.6 Å². The Hall–Kier alpha value is -4.05. The van der Waals surface area contributed by atoms with E-state index in [2.05, 4.69) is 4.99 Å². The Morgan fingerprint density at radius 2 is 1.75 bits per heavy atom. The van der Waals surface area contributed by atoms with Crippen molar-refractivity contribution in [3.8, 4) is 23.0 Å². The number of rotatable bonds is 10. The molecule has 2 saturated heterocycles. The zero-order valence-electron chi connectivity index (χ0n) is 23.0. The first-order chi connectivity index (χ1) is 19.6. The summed E-state index contributed by atoms with van der Waals surface area (Å²) >= 11 is 0. The molecule has 2 amide bonds. The van der Waals surface area contributed by atoms with Gasteiger partial charge in [0, 0.05) is 44.4 Å². The number of hydrogen-bond donors (Lipinski definition) is 0. The van der Waals surface area contributed by atoms with Crippen LogP contribution >= 0.6 is 0 Å². The Morgan fingerprint density at radius 1 is 1.00 bits per heavy atom. The lowest BCUT2D eigenvalue weighted by atomic mass is 10.1. The fraction of sp³-hybridized carbons (Fsp3) is 0.433. The van der Waals surface area contributed by atoms with Crippen molar-refractivity contribution in [3.05, 3.63) is 47.5 Å². The average Bonchev–Trinajstić information content (AvgIpc) is 3.43. The van der Waals surface area contributed by atoms with Crippen LogP contribution in [0.2, 0.25) is 0 Å². The third-order valence-electron chi connectivity index (χ3n) is 7.19. The minimum absolute atomic E-state index is 0.0209. The fourth-order valence-corrected chi connectivity index (χ4v) is 5.01. The summed E-state index contributed by atoms with van der Waals surface area (Å²) in [5.41, 5.74) is 1.96. The number of methoxy groups -OCH3 is 2. The lowest BCUT2D eigenvalue weighted by molar-refractivity contribution is -0.129. The Kier molecular flexibility index (Phi) is 8.85. The Bertz CT molecular complexity index is 1290. The molecule has 3 heterocycles. The number of hydrogen-bond acceptors (Lipinski definition) is 8. The van der Waals surface area contributed by atoms with E-state index in [1.807, 2.05) is 29.3 Å². The number of morpholine rings is 1. The molecule has 5 rings (SSSR count). The molecule has 2 aromatic rings. The van der Waals surface area contributed by atoms with E-state index in [-0.39, 0.29) is 17.9 Å². The third-order valence-corrected chi connectivity index (χ3v) is 7.19. The van der Waals surface area contributed by atoms with Crippen molar-refractivity contribution < 1.29 is 33.3 Å². The second-order valence-corrected chi connectivity index (χ2v) is 9.74. The van der Waals surface area contributed by atoms with Crippen LogP contribution in [0.15, 0.2) is 41.4 Å². The maximum atomic E-state index is 13.0. The number of benzene rings is 2. The number of carbonyl (C=O) groups is 2. The summed E-state index contributed by atoms with van der Waals surface area (Å²) in [4.78, 5) is 33.6. The highest BCUT2D eigenvalue weighted by molar-refractivity contribution is 6.03. The highest BCUT2D eigenvalue weighted by Crippen LogP contribution is 2.38. The minimum atomic E-state index is -0.0348. The van der Waals surface area contributed by atoms with Crippen LogP contribution in [-0.4, -0.2) is 94.2 Å². The summed E-state index contributed by atoms with van der Waals surface area (Å²) in [6.07, 6.45) is 7.73. The first-order valence-electron chi connectivity index (χ1n) is 13.6. The van der Waals surface area contributed by atoms with Crippen molar-refractivity contribution in [1.82, 2.24) is 9.80 Å². The summed E-state index contributed by atoms with van der Waals surface area (Å²) < 4.78 is 28.2. The fourth-order valence-electron chi connectivity index (χ4n) is 5.01. The van der Waals surface area contributed by atoms with Gasteiger partial charge < -0.3 is 33.5 Å². The van der Waals surface area contributed by atoms with Crippen molar-refractivity contribution in [1.29, 1.82) is 0 Å². The number of amides is 2. The first kappa shape index (κ1) is 27.5. The van der Waals surface area contributed by atoms with Gasteiger partial charge >= 0.3 is 0 Å². The normalized spacial score (nSPS) is 18.4. The Morgan fingerprint density at radius 3 is 2.52 bits per heavy atom. The summed E-state index contributed by atoms with van der Waals surface area (Å²) in [5, 5.41) is 0. The van der Waals surface area contributed by atoms with Crippen LogP contribution in [0, 0.1) is 0 Å². The SMILES string of the molecule is COc1cc(/C=C/C(=O)N2CCOCC2)ccc1OCCCOc1cc2c(cc1OC)C(=O)N1CCC[C@H]1C=N2. The smallest absolute Gasteiger partial charge is 0.256 e. The molecule has 0 bridgehead atoms. The Labute approximate surface area is 234 Å². The van der Waals surface area contributed by atoms with Crippen LogP contribution in [0.3, 0.4) is 0 Å². The average molecular weight is 550 g/mol. The van der Waals surface area contributed by atoms with E-state index in [0.29, 0.717) is 80.2 Å². The van der Waals surface area contributed by atoms with Gasteiger partial charge in [-0.05, 0) is 42.7 Å². The molecule has 0 aromatic heterocycles. The van der Waals surface area contributed by atoms with Crippen LogP contribution in [0.25, 0.3) is 6.08 Å². The van der Waals surface area contributed by atoms with E-state index in [4.69, 9.17) is 23.7 Å². The maximum Gasteiger partial charge on any atom is 0.256 e. The highest BCUT2D eigenvalue weighted by Gasteiger charge is 2.32. The number of carbonyl (C=O) groups excluding carboxylic acids is 2. The second kappa shape index (κ2) is 12.9. The minimum Gasteiger partial charge on any atom is -0.493 e. The molecule has 2 fully saturated rings. The Balaban J connectivity index is 1.14. The standard InChI is InChI=1S/C30H35N3O7/c1-36-26-17-21(7-9-29(34)32-11-15-38-16-12-32)6-8-25(26)39-13-4-14-40-28-19-24-23(18-27(28)37-2)30(35)33-10-3-5-22(33)20-31-24/h6-9,17-20,22H,3-5,10-16H2,1-2H3/b9-7+/t22-/m0/s1. The van der Waals surface area contributed by atoms with E-state index in [1.165, 1.54) is 0 Å². The topological polar surface area (TPSA) is 99.1 Å². The van der Waals surface area contributed by atoms with Crippen LogP contribution < -0.4 is 18.9 Å². The monoisotopic (exact) mass is 549 g/mol. The zero-order valence-corrected chi connectivity index (χ0v) is 23.0. The van der Waals surface area contributed by atoms with E-state index in [0.717, 1.165) is 24.9 Å². The summed E-state index contributed by atoms with van der Waals surface area (Å²) in [6, 6.07) is 9.08. The summed E-state index contributed by atoms with van der Waals surface area (Å²) in [7, 11) is 3.14. The van der Waals surface area contributed by atoms with Gasteiger partial charge in [0.05, 0.1) is 57.9 Å². The van der Waals surface area contributed by atoms with Crippen LogP contribution in [0.1, 0.15) is 35.2 Å². The highest BCUT2D eigenvalue weighted by atomic mass is 16.5. The van der Waals surface area contributed by atoms with Gasteiger partial charge in [-0.15, -0.1) is 0 Å². The molecule has 0 radical (unpaired) electrons. The number of aliphatic imine (C=N–C) groups is 1. The quantitative estimate of drug-likeness (QED) is 0.329. The molecule has 2 aromatic carbocycles. The number of nitrogens with zero attached hydrogens (tertiary/aromatic N) is 3. The molecule has 212 valence electrons. The molecule has 3 aliphatic rings. The van der Waals surface area contributed by atoms with E-state index >= 15 is 0 Å². The zero-order chi connectivity index (χ0) is 27.9. The van der Waals surface area contributed by atoms with Crippen molar-refractivity contribution in [2.45, 2.75) is 25.3 Å². The van der Waals surface area contributed by atoms with Crippen LogP contribution in [0.4, 0.5) is 5.69 Å². The molecule has 0 unspecified atom stereocenters. The lowest BCUT2D eigenvalue weighted by Crippen LogP contribution is -2.39. The molecule has 0 aliphatic carbocycles. The summed E-state index contributed by atoms with van der Waals surface area (Å²) in [5.74, 6) is 2.17. The number of ether oxygens (including phenoxy) is 5. The van der Waals surface area contributed by atoms with Gasteiger partial charge in [0.25, 0.3) is 5.91 Å². The molecule has 3 aliphatic heterocycles. The van der Waals surface area contributed by atoms with Crippen molar-refractivity contribution >= 4 is 29.8 Å². The second-order valence-electron chi connectivity index (χ2n) is 9.74. The van der Waals surface area contributed by atoms with Crippen LogP contribution in [0.5, 0.6) is 23.0 Å². The predicted octanol–water partition coefficient (Wildman–Crippen LogP) is 3.74. The molecule has 0 saturated carbocycles. The van der Waals surface area contributed by atoms with Crippen molar-refractivity contribution in [2.24, 2.45) is 4.99 Å². The number of fused-ring (bicyclic) bond motifs is 2. The largest absolute Gasteiger partial charge is 0.493 e. The lowest BCUT2D eigenvalue weighted by Gasteiger charge is -2.25. The molecular weight excluding hydrogens is 514 g/mol. The van der Waals surface area contributed by atoms with Gasteiger partial charge in [-0.25, -0.2) is 0 Å². The third kappa shape index (κ3) is 6.22. The molecule has 10 nitrogen and oxygen atoms in total. The maximum absolute atomic E-state index is 13.0. The van der Waals surface area contributed by atoms with Gasteiger partial charge in [-0.1, -0.05) is 6.07 Å². The molecule has 1 atom stereocenters. The summed E-state index contributed by atoms with van der Waals surface area (Å²) in [6.45, 7) is 3.88. The molecule has 0 N–H and O–H groups in total. The van der Waals surface area contributed by atoms with Crippen molar-refractivity contribution in [2.75, 3.05) is 60.3 Å². The predicted molar refractivity (Wildman–Crippen MR) is 150 cm³/mol. The van der Waals surface area contributed by atoms with E-state index in [1.54, 1.807) is 43.4 Å². The molecular formula is C30H35N3O7. The molecule has 10 heteroatoms. The van der Waals surface area contributed by atoms with Crippen molar-refractivity contribution in [3.63, 3.8) is 0 Å². The van der Waals surface area contributed by atoms with E-state index < -0.39 is 0 Å². The van der Waals surface area contributed by atoms with E-state index in [9.17, 15) is 9.59 Å². The molecule has 40 heavy (non-hydrogen) atoms. The van der Waals surface area contributed by atoms with Gasteiger partial charge in [0.2, 0.25) is 5.91 Å². The van der Waals surface area contributed by atoms with Crippen LogP contribution in [-0.2, 0) is 9.53 Å². The molecule has 0 spiro atoms. The van der Waals surface area contributed by atoms with Gasteiger partial charge in [0.15, 0.2) is 23.0 Å². The van der Waals surface area contributed by atoms with Gasteiger partial charge in [0.1, 0.15) is 0 Å². The van der Waals surface area contributed by atoms with Gasteiger partial charge in [-0.2, -0.15) is 0 Å². The first-order valence-corrected chi connectivity index (χ1v) is 13.6.